The first kappa shape index (κ1) is 15.5. The molecular formula is C13H24N4O2S. The summed E-state index contributed by atoms with van der Waals surface area (Å²) in [7, 11) is -3.48. The Morgan fingerprint density at radius 2 is 2.15 bits per heavy atom. The van der Waals surface area contributed by atoms with E-state index in [9.17, 15) is 8.42 Å². The smallest absolute Gasteiger partial charge is 0.243 e. The highest BCUT2D eigenvalue weighted by Crippen LogP contribution is 2.20. The molecule has 2 atom stereocenters. The maximum atomic E-state index is 12.4. The van der Waals surface area contributed by atoms with Crippen LogP contribution >= 0.6 is 0 Å². The molecule has 20 heavy (non-hydrogen) atoms. The molecule has 1 aliphatic heterocycles. The third kappa shape index (κ3) is 3.21. The molecule has 0 aliphatic carbocycles. The van der Waals surface area contributed by atoms with Crippen molar-refractivity contribution in [2.24, 2.45) is 5.92 Å². The van der Waals surface area contributed by atoms with Crippen molar-refractivity contribution in [3.8, 4) is 0 Å². The van der Waals surface area contributed by atoms with Gasteiger partial charge in [-0.1, -0.05) is 6.92 Å². The molecule has 0 aromatic carbocycles. The van der Waals surface area contributed by atoms with E-state index in [2.05, 4.69) is 35.5 Å². The van der Waals surface area contributed by atoms with E-state index in [-0.39, 0.29) is 10.9 Å². The molecule has 6 nitrogen and oxygen atoms in total. The van der Waals surface area contributed by atoms with Crippen molar-refractivity contribution in [3.63, 3.8) is 0 Å². The van der Waals surface area contributed by atoms with E-state index in [0.717, 1.165) is 13.1 Å². The van der Waals surface area contributed by atoms with E-state index >= 15 is 0 Å². The number of aryl methyl sites for hydroxylation is 1. The zero-order chi connectivity index (χ0) is 14.9. The van der Waals surface area contributed by atoms with Crippen LogP contribution in [0.2, 0.25) is 0 Å². The normalized spacial score (nSPS) is 24.6. The molecule has 1 fully saturated rings. The number of rotatable bonds is 5. The fraction of sp³-hybridized carbons (Fsp3) is 0.769. The largest absolute Gasteiger partial charge is 0.299 e. The lowest BCUT2D eigenvalue weighted by molar-refractivity contribution is 0.265. The van der Waals surface area contributed by atoms with E-state index in [1.165, 1.54) is 6.20 Å². The fourth-order valence-corrected chi connectivity index (χ4v) is 3.79. The molecule has 2 heterocycles. The van der Waals surface area contributed by atoms with Crippen LogP contribution in [0.1, 0.15) is 27.7 Å². The van der Waals surface area contributed by atoms with Crippen molar-refractivity contribution < 1.29 is 8.42 Å². The summed E-state index contributed by atoms with van der Waals surface area (Å²) in [6.07, 6.45) is 2.98. The Balaban J connectivity index is 2.09. The van der Waals surface area contributed by atoms with Gasteiger partial charge in [-0.2, -0.15) is 5.10 Å². The molecule has 0 unspecified atom stereocenters. The summed E-state index contributed by atoms with van der Waals surface area (Å²) in [6.45, 7) is 10.6. The van der Waals surface area contributed by atoms with Gasteiger partial charge in [0.15, 0.2) is 0 Å². The lowest BCUT2D eigenvalue weighted by Gasteiger charge is -2.20. The van der Waals surface area contributed by atoms with Gasteiger partial charge < -0.3 is 0 Å². The minimum absolute atomic E-state index is 0.0348. The highest BCUT2D eigenvalue weighted by Gasteiger charge is 2.34. The Morgan fingerprint density at radius 1 is 1.45 bits per heavy atom. The number of hydrogen-bond acceptors (Lipinski definition) is 4. The predicted octanol–water partition coefficient (Wildman–Crippen LogP) is 0.910. The summed E-state index contributed by atoms with van der Waals surface area (Å²) >= 11 is 0. The molecule has 0 amide bonds. The Kier molecular flexibility index (Phi) is 4.51. The first-order chi connectivity index (χ1) is 9.33. The topological polar surface area (TPSA) is 67.2 Å². The maximum absolute atomic E-state index is 12.4. The summed E-state index contributed by atoms with van der Waals surface area (Å²) in [4.78, 5) is 2.54. The third-order valence-corrected chi connectivity index (χ3v) is 5.37. The highest BCUT2D eigenvalue weighted by atomic mass is 32.2. The summed E-state index contributed by atoms with van der Waals surface area (Å²) in [6, 6.07) is 0.405. The van der Waals surface area contributed by atoms with Gasteiger partial charge in [-0.3, -0.25) is 9.58 Å². The average molecular weight is 300 g/mol. The second-order valence-corrected chi connectivity index (χ2v) is 7.50. The standard InChI is InChI=1S/C13H24N4O2S/c1-5-17-8-12(6-14-17)20(18,19)15-13-9-16(10(2)3)7-11(13)4/h6,8,10-11,13,15H,5,7,9H2,1-4H3/t11-,13+/m1/s1. The van der Waals surface area contributed by atoms with Crippen molar-refractivity contribution in [3.05, 3.63) is 12.4 Å². The number of sulfonamides is 1. The first-order valence-electron chi connectivity index (χ1n) is 7.12. The quantitative estimate of drug-likeness (QED) is 0.878. The molecule has 2 rings (SSSR count). The van der Waals surface area contributed by atoms with Gasteiger partial charge in [-0.05, 0) is 26.7 Å². The van der Waals surface area contributed by atoms with Crippen molar-refractivity contribution >= 4 is 10.0 Å². The SMILES string of the molecule is CCn1cc(S(=O)(=O)N[C@H]2CN(C(C)C)C[C@H]2C)cn1. The second-order valence-electron chi connectivity index (χ2n) is 5.78. The van der Waals surface area contributed by atoms with E-state index in [0.29, 0.717) is 18.5 Å². The van der Waals surface area contributed by atoms with Crippen LogP contribution in [0.5, 0.6) is 0 Å². The van der Waals surface area contributed by atoms with Gasteiger partial charge >= 0.3 is 0 Å². The van der Waals surface area contributed by atoms with Gasteiger partial charge in [0.05, 0.1) is 6.20 Å². The summed E-state index contributed by atoms with van der Waals surface area (Å²) in [5.41, 5.74) is 0. The zero-order valence-corrected chi connectivity index (χ0v) is 13.4. The van der Waals surface area contributed by atoms with Crippen LogP contribution in [0.3, 0.4) is 0 Å². The molecular weight excluding hydrogens is 276 g/mol. The summed E-state index contributed by atoms with van der Waals surface area (Å²) in [5, 5.41) is 4.02. The molecule has 0 bridgehead atoms. The molecule has 0 spiro atoms. The lowest BCUT2D eigenvalue weighted by Crippen LogP contribution is -2.40. The molecule has 1 aromatic heterocycles. The number of nitrogens with one attached hydrogen (secondary N) is 1. The molecule has 1 N–H and O–H groups in total. The van der Waals surface area contributed by atoms with Gasteiger partial charge in [-0.15, -0.1) is 0 Å². The molecule has 0 radical (unpaired) electrons. The van der Waals surface area contributed by atoms with Crippen molar-refractivity contribution in [1.82, 2.24) is 19.4 Å². The molecule has 114 valence electrons. The zero-order valence-electron chi connectivity index (χ0n) is 12.6. The summed E-state index contributed by atoms with van der Waals surface area (Å²) in [5.74, 6) is 0.313. The Hall–Kier alpha value is -0.920. The monoisotopic (exact) mass is 300 g/mol. The van der Waals surface area contributed by atoms with Gasteiger partial charge in [0.2, 0.25) is 10.0 Å². The van der Waals surface area contributed by atoms with E-state index in [4.69, 9.17) is 0 Å². The van der Waals surface area contributed by atoms with E-state index < -0.39 is 10.0 Å². The van der Waals surface area contributed by atoms with E-state index in [1.54, 1.807) is 10.9 Å². The third-order valence-electron chi connectivity index (χ3n) is 3.92. The molecule has 0 saturated carbocycles. The van der Waals surface area contributed by atoms with Crippen LogP contribution in [0.15, 0.2) is 17.3 Å². The molecule has 1 saturated heterocycles. The van der Waals surface area contributed by atoms with Gasteiger partial charge in [0.25, 0.3) is 0 Å². The van der Waals surface area contributed by atoms with E-state index in [1.807, 2.05) is 6.92 Å². The Bertz CT molecular complexity index is 552. The minimum atomic E-state index is -3.48. The predicted molar refractivity (Wildman–Crippen MR) is 77.9 cm³/mol. The number of aromatic nitrogens is 2. The highest BCUT2D eigenvalue weighted by molar-refractivity contribution is 7.89. The average Bonchev–Trinajstić information content (AvgIpc) is 2.97. The van der Waals surface area contributed by atoms with Gasteiger partial charge in [0, 0.05) is 37.9 Å². The Morgan fingerprint density at radius 3 is 2.65 bits per heavy atom. The van der Waals surface area contributed by atoms with Crippen LogP contribution in [0.4, 0.5) is 0 Å². The van der Waals surface area contributed by atoms with Crippen LogP contribution in [0.25, 0.3) is 0 Å². The number of hydrogen-bond donors (Lipinski definition) is 1. The maximum Gasteiger partial charge on any atom is 0.243 e. The van der Waals surface area contributed by atoms with Crippen LogP contribution in [0, 0.1) is 5.92 Å². The number of nitrogens with zero attached hydrogens (tertiary/aromatic N) is 3. The minimum Gasteiger partial charge on any atom is -0.299 e. The molecule has 1 aromatic rings. The molecule has 7 heteroatoms. The Labute approximate surface area is 121 Å². The van der Waals surface area contributed by atoms with Gasteiger partial charge in [0.1, 0.15) is 4.90 Å². The van der Waals surface area contributed by atoms with Crippen LogP contribution in [-0.4, -0.2) is 48.3 Å². The van der Waals surface area contributed by atoms with Crippen molar-refractivity contribution in [2.45, 2.75) is 51.2 Å². The summed E-state index contributed by atoms with van der Waals surface area (Å²) < 4.78 is 29.2. The van der Waals surface area contributed by atoms with Crippen LogP contribution < -0.4 is 4.72 Å². The van der Waals surface area contributed by atoms with Crippen LogP contribution in [-0.2, 0) is 16.6 Å². The van der Waals surface area contributed by atoms with Crippen molar-refractivity contribution in [2.75, 3.05) is 13.1 Å². The fourth-order valence-electron chi connectivity index (χ4n) is 2.50. The first-order valence-corrected chi connectivity index (χ1v) is 8.60. The molecule has 1 aliphatic rings. The number of likely N-dealkylation sites (tertiary alicyclic amines) is 1. The van der Waals surface area contributed by atoms with Crippen molar-refractivity contribution in [1.29, 1.82) is 0 Å². The second kappa shape index (κ2) is 5.83. The lowest BCUT2D eigenvalue weighted by atomic mass is 10.1. The van der Waals surface area contributed by atoms with Gasteiger partial charge in [-0.25, -0.2) is 13.1 Å².